The summed E-state index contributed by atoms with van der Waals surface area (Å²) < 4.78 is 6.47. The van der Waals surface area contributed by atoms with E-state index in [-0.39, 0.29) is 17.3 Å². The first-order valence-corrected chi connectivity index (χ1v) is 7.52. The predicted molar refractivity (Wildman–Crippen MR) is 78.6 cm³/mol. The van der Waals surface area contributed by atoms with Gasteiger partial charge in [-0.05, 0) is 12.8 Å². The van der Waals surface area contributed by atoms with Gasteiger partial charge in [0, 0.05) is 50.5 Å². The molecule has 0 radical (unpaired) electrons. The van der Waals surface area contributed by atoms with Crippen LogP contribution in [0.5, 0.6) is 0 Å². The summed E-state index contributed by atoms with van der Waals surface area (Å²) >= 11 is 0. The molecule has 1 atom stereocenters. The summed E-state index contributed by atoms with van der Waals surface area (Å²) in [5, 5.41) is 3.46. The molecule has 0 amide bonds. The Morgan fingerprint density at radius 1 is 1.33 bits per heavy atom. The van der Waals surface area contributed by atoms with E-state index >= 15 is 0 Å². The highest BCUT2D eigenvalue weighted by Crippen LogP contribution is 2.25. The fourth-order valence-electron chi connectivity index (χ4n) is 3.08. The molecule has 2 aliphatic rings. The molecular formula is C14H22N4O3. The van der Waals surface area contributed by atoms with Crippen molar-refractivity contribution in [3.8, 4) is 0 Å². The average Bonchev–Trinajstić information content (AvgIpc) is 2.89. The minimum absolute atomic E-state index is 0.0858. The second kappa shape index (κ2) is 6.13. The van der Waals surface area contributed by atoms with E-state index in [0.717, 1.165) is 68.1 Å². The predicted octanol–water partition coefficient (Wildman–Crippen LogP) is -1.02. The summed E-state index contributed by atoms with van der Waals surface area (Å²) in [6.45, 7) is 5.36. The molecule has 0 saturated carbocycles. The number of hydrogen-bond donors (Lipinski definition) is 2. The van der Waals surface area contributed by atoms with Gasteiger partial charge in [-0.2, -0.15) is 0 Å². The summed E-state index contributed by atoms with van der Waals surface area (Å²) in [7, 11) is 1.51. The van der Waals surface area contributed by atoms with Crippen LogP contribution in [0.2, 0.25) is 0 Å². The first-order valence-electron chi connectivity index (χ1n) is 7.52. The van der Waals surface area contributed by atoms with Crippen LogP contribution in [0.3, 0.4) is 0 Å². The lowest BCUT2D eigenvalue weighted by Gasteiger charge is -2.27. The van der Waals surface area contributed by atoms with Crippen molar-refractivity contribution >= 4 is 0 Å². The SMILES string of the molecule is Cn1c(=O)[nH]c2c(c1=O)CCC2NCCN1CCOCC1. The molecule has 0 bridgehead atoms. The van der Waals surface area contributed by atoms with Crippen LogP contribution in [0.4, 0.5) is 0 Å². The van der Waals surface area contributed by atoms with Crippen molar-refractivity contribution in [1.29, 1.82) is 0 Å². The summed E-state index contributed by atoms with van der Waals surface area (Å²) in [5.41, 5.74) is 1.04. The number of fused-ring (bicyclic) bond motifs is 1. The molecule has 7 nitrogen and oxygen atoms in total. The van der Waals surface area contributed by atoms with Crippen LogP contribution >= 0.6 is 0 Å². The first kappa shape index (κ1) is 14.5. The molecule has 1 unspecified atom stereocenters. The second-order valence-electron chi connectivity index (χ2n) is 5.69. The molecule has 1 saturated heterocycles. The van der Waals surface area contributed by atoms with E-state index in [0.29, 0.717) is 0 Å². The number of aromatic nitrogens is 2. The van der Waals surface area contributed by atoms with E-state index in [1.54, 1.807) is 0 Å². The molecule has 0 aromatic carbocycles. The topological polar surface area (TPSA) is 79.4 Å². The van der Waals surface area contributed by atoms with E-state index in [9.17, 15) is 9.59 Å². The smallest absolute Gasteiger partial charge is 0.328 e. The van der Waals surface area contributed by atoms with Crippen LogP contribution in [-0.4, -0.2) is 53.8 Å². The molecule has 116 valence electrons. The van der Waals surface area contributed by atoms with Gasteiger partial charge in [-0.3, -0.25) is 14.3 Å². The van der Waals surface area contributed by atoms with Crippen LogP contribution in [0, 0.1) is 0 Å². The van der Waals surface area contributed by atoms with Crippen molar-refractivity contribution in [2.75, 3.05) is 39.4 Å². The quantitative estimate of drug-likeness (QED) is 0.743. The fraction of sp³-hybridized carbons (Fsp3) is 0.714. The molecule has 1 fully saturated rings. The van der Waals surface area contributed by atoms with Gasteiger partial charge in [0.15, 0.2) is 0 Å². The Labute approximate surface area is 122 Å². The summed E-state index contributed by atoms with van der Waals surface area (Å²) in [4.78, 5) is 29.0. The third-order valence-corrected chi connectivity index (χ3v) is 4.39. The molecule has 2 heterocycles. The Bertz CT molecular complexity index is 616. The maximum Gasteiger partial charge on any atom is 0.328 e. The van der Waals surface area contributed by atoms with E-state index in [1.807, 2.05) is 0 Å². The van der Waals surface area contributed by atoms with Gasteiger partial charge < -0.3 is 15.0 Å². The minimum atomic E-state index is -0.333. The number of ether oxygens (including phenoxy) is 1. The Morgan fingerprint density at radius 3 is 2.86 bits per heavy atom. The largest absolute Gasteiger partial charge is 0.379 e. The normalized spacial score (nSPS) is 22.4. The molecule has 1 aliphatic heterocycles. The van der Waals surface area contributed by atoms with Crippen molar-refractivity contribution in [3.05, 3.63) is 32.1 Å². The highest BCUT2D eigenvalue weighted by atomic mass is 16.5. The van der Waals surface area contributed by atoms with E-state index in [4.69, 9.17) is 4.74 Å². The number of hydrogen-bond acceptors (Lipinski definition) is 5. The lowest BCUT2D eigenvalue weighted by Crippen LogP contribution is -2.41. The van der Waals surface area contributed by atoms with Gasteiger partial charge in [-0.25, -0.2) is 4.79 Å². The third-order valence-electron chi connectivity index (χ3n) is 4.39. The van der Waals surface area contributed by atoms with Gasteiger partial charge in [0.05, 0.1) is 13.2 Å². The molecule has 2 N–H and O–H groups in total. The zero-order valence-corrected chi connectivity index (χ0v) is 12.4. The van der Waals surface area contributed by atoms with E-state index in [2.05, 4.69) is 15.2 Å². The summed E-state index contributed by atoms with van der Waals surface area (Å²) in [6.07, 6.45) is 1.60. The summed E-state index contributed by atoms with van der Waals surface area (Å²) in [5.74, 6) is 0. The number of aromatic amines is 1. The van der Waals surface area contributed by atoms with Crippen LogP contribution in [0.15, 0.2) is 9.59 Å². The number of morpholine rings is 1. The molecule has 0 spiro atoms. The lowest BCUT2D eigenvalue weighted by molar-refractivity contribution is 0.0381. The van der Waals surface area contributed by atoms with Gasteiger partial charge in [0.1, 0.15) is 0 Å². The van der Waals surface area contributed by atoms with Crippen LogP contribution < -0.4 is 16.6 Å². The average molecular weight is 294 g/mol. The molecule has 21 heavy (non-hydrogen) atoms. The Balaban J connectivity index is 1.62. The van der Waals surface area contributed by atoms with Crippen LogP contribution in [0.25, 0.3) is 0 Å². The van der Waals surface area contributed by atoms with Crippen LogP contribution in [-0.2, 0) is 18.2 Å². The molecule has 1 aliphatic carbocycles. The maximum absolute atomic E-state index is 12.0. The van der Waals surface area contributed by atoms with Crippen molar-refractivity contribution in [3.63, 3.8) is 0 Å². The van der Waals surface area contributed by atoms with Crippen molar-refractivity contribution < 1.29 is 4.74 Å². The molecule has 1 aromatic rings. The first-order chi connectivity index (χ1) is 10.2. The minimum Gasteiger partial charge on any atom is -0.379 e. The Hall–Kier alpha value is -1.44. The van der Waals surface area contributed by atoms with E-state index < -0.39 is 0 Å². The van der Waals surface area contributed by atoms with Crippen LogP contribution in [0.1, 0.15) is 23.7 Å². The zero-order valence-electron chi connectivity index (χ0n) is 12.4. The second-order valence-corrected chi connectivity index (χ2v) is 5.69. The van der Waals surface area contributed by atoms with Gasteiger partial charge in [-0.15, -0.1) is 0 Å². The van der Waals surface area contributed by atoms with Gasteiger partial charge >= 0.3 is 5.69 Å². The number of nitrogens with one attached hydrogen (secondary N) is 2. The maximum atomic E-state index is 12.0. The molecular weight excluding hydrogens is 272 g/mol. The van der Waals surface area contributed by atoms with Gasteiger partial charge in [0.25, 0.3) is 5.56 Å². The van der Waals surface area contributed by atoms with E-state index in [1.165, 1.54) is 7.05 Å². The molecule has 3 rings (SSSR count). The zero-order chi connectivity index (χ0) is 14.8. The fourth-order valence-corrected chi connectivity index (χ4v) is 3.08. The van der Waals surface area contributed by atoms with Crippen molar-refractivity contribution in [2.24, 2.45) is 7.05 Å². The number of H-pyrrole nitrogens is 1. The standard InChI is InChI=1S/C14H22N4O3/c1-17-13(19)10-2-3-11(12(10)16-14(17)20)15-4-5-18-6-8-21-9-7-18/h11,15H,2-9H2,1H3,(H,16,20). The highest BCUT2D eigenvalue weighted by molar-refractivity contribution is 5.25. The van der Waals surface area contributed by atoms with Crippen molar-refractivity contribution in [1.82, 2.24) is 19.8 Å². The van der Waals surface area contributed by atoms with Gasteiger partial charge in [-0.1, -0.05) is 0 Å². The molecule has 7 heteroatoms. The van der Waals surface area contributed by atoms with Crippen molar-refractivity contribution in [2.45, 2.75) is 18.9 Å². The third kappa shape index (κ3) is 2.95. The summed E-state index contributed by atoms with van der Waals surface area (Å²) in [6, 6.07) is 0.0858. The Morgan fingerprint density at radius 2 is 2.10 bits per heavy atom. The molecule has 1 aromatic heterocycles. The number of nitrogens with zero attached hydrogens (tertiary/aromatic N) is 2. The Kier molecular flexibility index (Phi) is 4.23. The number of rotatable bonds is 4. The lowest BCUT2D eigenvalue weighted by atomic mass is 10.2. The highest BCUT2D eigenvalue weighted by Gasteiger charge is 2.26. The van der Waals surface area contributed by atoms with Gasteiger partial charge in [0.2, 0.25) is 0 Å². The monoisotopic (exact) mass is 294 g/mol.